The molecule has 0 radical (unpaired) electrons. The first-order chi connectivity index (χ1) is 13.6. The van der Waals surface area contributed by atoms with Gasteiger partial charge in [0, 0.05) is 19.5 Å². The zero-order valence-electron chi connectivity index (χ0n) is 18.3. The van der Waals surface area contributed by atoms with Crippen molar-refractivity contribution in [2.45, 2.75) is 103 Å². The molecule has 0 aliphatic carbocycles. The van der Waals surface area contributed by atoms with Crippen LogP contribution < -0.4 is 0 Å². The lowest BCUT2D eigenvalue weighted by molar-refractivity contribution is -0.159. The third-order valence-electron chi connectivity index (χ3n) is 5.34. The van der Waals surface area contributed by atoms with Gasteiger partial charge >= 0.3 is 5.97 Å². The number of allylic oxidation sites excluding steroid dienone is 4. The topological polar surface area (TPSA) is 49.8 Å². The monoisotopic (exact) mass is 393 g/mol. The molecule has 1 heterocycles. The van der Waals surface area contributed by atoms with E-state index in [1.807, 2.05) is 7.05 Å². The highest BCUT2D eigenvalue weighted by Gasteiger charge is 2.28. The van der Waals surface area contributed by atoms with Crippen molar-refractivity contribution in [2.75, 3.05) is 20.1 Å². The lowest BCUT2D eigenvalue weighted by Gasteiger charge is -2.33. The SMILES string of the molecule is CCCCC/C=C\C/C=C\CCCCCCCC(=O)O[C@H]1CCN(C)C[C@@H]1O. The summed E-state index contributed by atoms with van der Waals surface area (Å²) >= 11 is 0. The number of β-amino-alcohol motifs (C(OH)–C–C–N with tert-alkyl or cyclic N) is 1. The second-order valence-corrected chi connectivity index (χ2v) is 8.13. The lowest BCUT2D eigenvalue weighted by Crippen LogP contribution is -2.46. The summed E-state index contributed by atoms with van der Waals surface area (Å²) in [5, 5.41) is 9.96. The predicted octanol–water partition coefficient (Wildman–Crippen LogP) is 5.41. The van der Waals surface area contributed by atoms with Gasteiger partial charge < -0.3 is 14.7 Å². The van der Waals surface area contributed by atoms with E-state index in [0.29, 0.717) is 13.0 Å². The molecule has 1 N–H and O–H groups in total. The van der Waals surface area contributed by atoms with Crippen LogP contribution in [-0.2, 0) is 9.53 Å². The van der Waals surface area contributed by atoms with E-state index < -0.39 is 6.10 Å². The van der Waals surface area contributed by atoms with E-state index in [-0.39, 0.29) is 12.1 Å². The fourth-order valence-corrected chi connectivity index (χ4v) is 3.51. The van der Waals surface area contributed by atoms with E-state index in [1.54, 1.807) is 0 Å². The van der Waals surface area contributed by atoms with Gasteiger partial charge in [-0.2, -0.15) is 0 Å². The van der Waals surface area contributed by atoms with E-state index in [9.17, 15) is 9.90 Å². The van der Waals surface area contributed by atoms with E-state index in [2.05, 4.69) is 36.1 Å². The average molecular weight is 394 g/mol. The predicted molar refractivity (Wildman–Crippen MR) is 117 cm³/mol. The zero-order chi connectivity index (χ0) is 20.5. The highest BCUT2D eigenvalue weighted by atomic mass is 16.6. The van der Waals surface area contributed by atoms with Crippen LogP contribution in [0.5, 0.6) is 0 Å². The minimum atomic E-state index is -0.549. The number of hydrogen-bond acceptors (Lipinski definition) is 4. The molecule has 2 atom stereocenters. The number of rotatable bonds is 15. The molecule has 0 spiro atoms. The number of piperidine rings is 1. The molecular formula is C24H43NO3. The van der Waals surface area contributed by atoms with Crippen molar-refractivity contribution in [1.29, 1.82) is 0 Å². The molecule has 0 saturated carbocycles. The highest BCUT2D eigenvalue weighted by Crippen LogP contribution is 2.15. The first kappa shape index (κ1) is 24.9. The van der Waals surface area contributed by atoms with Crippen LogP contribution in [0.15, 0.2) is 24.3 Å². The van der Waals surface area contributed by atoms with Crippen LogP contribution in [0.25, 0.3) is 0 Å². The second kappa shape index (κ2) is 16.8. The van der Waals surface area contributed by atoms with Crippen molar-refractivity contribution < 1.29 is 14.6 Å². The molecule has 28 heavy (non-hydrogen) atoms. The smallest absolute Gasteiger partial charge is 0.306 e. The molecule has 1 aliphatic heterocycles. The number of ether oxygens (including phenoxy) is 1. The average Bonchev–Trinajstić information content (AvgIpc) is 2.67. The van der Waals surface area contributed by atoms with Gasteiger partial charge in [-0.25, -0.2) is 0 Å². The van der Waals surface area contributed by atoms with Gasteiger partial charge in [-0.3, -0.25) is 4.79 Å². The summed E-state index contributed by atoms with van der Waals surface area (Å²) in [6.07, 6.45) is 22.4. The largest absolute Gasteiger partial charge is 0.459 e. The van der Waals surface area contributed by atoms with E-state index in [4.69, 9.17) is 4.74 Å². The molecule has 0 amide bonds. The summed E-state index contributed by atoms with van der Waals surface area (Å²) in [6, 6.07) is 0. The van der Waals surface area contributed by atoms with E-state index in [0.717, 1.165) is 38.6 Å². The van der Waals surface area contributed by atoms with Crippen molar-refractivity contribution in [3.8, 4) is 0 Å². The first-order valence-corrected chi connectivity index (χ1v) is 11.5. The maximum atomic E-state index is 11.9. The summed E-state index contributed by atoms with van der Waals surface area (Å²) < 4.78 is 5.44. The van der Waals surface area contributed by atoms with Crippen molar-refractivity contribution in [1.82, 2.24) is 4.90 Å². The third kappa shape index (κ3) is 13.1. The summed E-state index contributed by atoms with van der Waals surface area (Å²) in [5.41, 5.74) is 0. The number of likely N-dealkylation sites (N-methyl/N-ethyl adjacent to an activating group) is 1. The number of aliphatic hydroxyl groups excluding tert-OH is 1. The molecule has 0 unspecified atom stereocenters. The van der Waals surface area contributed by atoms with Crippen LogP contribution in [0, 0.1) is 0 Å². The van der Waals surface area contributed by atoms with Crippen LogP contribution in [0.1, 0.15) is 90.4 Å². The van der Waals surface area contributed by atoms with Crippen molar-refractivity contribution in [2.24, 2.45) is 0 Å². The molecule has 1 aliphatic rings. The van der Waals surface area contributed by atoms with Crippen molar-refractivity contribution >= 4 is 5.97 Å². The number of carbonyl (C=O) groups excluding carboxylic acids is 1. The van der Waals surface area contributed by atoms with Crippen LogP contribution in [0.4, 0.5) is 0 Å². The number of aliphatic hydroxyl groups is 1. The molecule has 4 nitrogen and oxygen atoms in total. The zero-order valence-corrected chi connectivity index (χ0v) is 18.3. The fraction of sp³-hybridized carbons (Fsp3) is 0.792. The Bertz CT molecular complexity index is 447. The summed E-state index contributed by atoms with van der Waals surface area (Å²) in [5.74, 6) is -0.153. The number of likely N-dealkylation sites (tertiary alicyclic amines) is 1. The lowest BCUT2D eigenvalue weighted by atomic mass is 10.1. The van der Waals surface area contributed by atoms with Gasteiger partial charge in [0.15, 0.2) is 0 Å². The van der Waals surface area contributed by atoms with Crippen molar-refractivity contribution in [3.63, 3.8) is 0 Å². The molecule has 4 heteroatoms. The number of hydrogen-bond donors (Lipinski definition) is 1. The molecule has 0 aromatic heterocycles. The Morgan fingerprint density at radius 1 is 1.00 bits per heavy atom. The van der Waals surface area contributed by atoms with Gasteiger partial charge in [0.05, 0.1) is 0 Å². The van der Waals surface area contributed by atoms with Gasteiger partial charge in [0.2, 0.25) is 0 Å². The van der Waals surface area contributed by atoms with Crippen LogP contribution >= 0.6 is 0 Å². The highest BCUT2D eigenvalue weighted by molar-refractivity contribution is 5.69. The number of nitrogens with zero attached hydrogens (tertiary/aromatic N) is 1. The Hall–Kier alpha value is -1.13. The van der Waals surface area contributed by atoms with Gasteiger partial charge in [0.25, 0.3) is 0 Å². The quantitative estimate of drug-likeness (QED) is 0.230. The number of carbonyl (C=O) groups is 1. The molecule has 0 aromatic carbocycles. The molecular weight excluding hydrogens is 350 g/mol. The standard InChI is InChI=1S/C24H43NO3/c1-3-4-5-6-7-8-9-10-11-12-13-14-15-16-17-18-24(27)28-23-19-20-25(2)21-22(23)26/h7-8,10-11,22-23,26H,3-6,9,12-21H2,1-2H3/b8-7-,11-10-/t22-,23-/m0/s1. The summed E-state index contributed by atoms with van der Waals surface area (Å²) in [4.78, 5) is 14.0. The molecule has 1 fully saturated rings. The Labute approximate surface area is 173 Å². The molecule has 1 saturated heterocycles. The second-order valence-electron chi connectivity index (χ2n) is 8.13. The van der Waals surface area contributed by atoms with Gasteiger partial charge in [-0.05, 0) is 52.0 Å². The van der Waals surface area contributed by atoms with Crippen molar-refractivity contribution in [3.05, 3.63) is 24.3 Å². The molecule has 162 valence electrons. The first-order valence-electron chi connectivity index (χ1n) is 11.5. The molecule has 0 aromatic rings. The minimum absolute atomic E-state index is 0.153. The Morgan fingerprint density at radius 3 is 2.32 bits per heavy atom. The van der Waals surface area contributed by atoms with Gasteiger partial charge in [0.1, 0.15) is 12.2 Å². The Balaban J connectivity index is 1.89. The fourth-order valence-electron chi connectivity index (χ4n) is 3.51. The third-order valence-corrected chi connectivity index (χ3v) is 5.34. The Kier molecular flexibility index (Phi) is 14.9. The van der Waals surface area contributed by atoms with E-state index in [1.165, 1.54) is 44.9 Å². The normalized spacial score (nSPS) is 21.0. The van der Waals surface area contributed by atoms with Crippen LogP contribution in [-0.4, -0.2) is 48.3 Å². The van der Waals surface area contributed by atoms with Crippen LogP contribution in [0.2, 0.25) is 0 Å². The maximum Gasteiger partial charge on any atom is 0.306 e. The number of esters is 1. The summed E-state index contributed by atoms with van der Waals surface area (Å²) in [6.45, 7) is 3.70. The Morgan fingerprint density at radius 2 is 1.64 bits per heavy atom. The molecule has 0 bridgehead atoms. The summed E-state index contributed by atoms with van der Waals surface area (Å²) in [7, 11) is 1.98. The van der Waals surface area contributed by atoms with Gasteiger partial charge in [-0.1, -0.05) is 63.3 Å². The number of unbranched alkanes of at least 4 members (excludes halogenated alkanes) is 8. The minimum Gasteiger partial charge on any atom is -0.459 e. The van der Waals surface area contributed by atoms with Crippen LogP contribution in [0.3, 0.4) is 0 Å². The van der Waals surface area contributed by atoms with E-state index >= 15 is 0 Å². The maximum absolute atomic E-state index is 11.9. The van der Waals surface area contributed by atoms with Gasteiger partial charge in [-0.15, -0.1) is 0 Å². The molecule has 1 rings (SSSR count).